The van der Waals surface area contributed by atoms with Gasteiger partial charge in [-0.3, -0.25) is 0 Å². The van der Waals surface area contributed by atoms with Crippen LogP contribution in [0.15, 0.2) is 24.3 Å². The molecule has 0 spiro atoms. The third-order valence-electron chi connectivity index (χ3n) is 1.09. The molecule has 1 nitrogen and oxygen atoms in total. The molecule has 0 heterocycles. The zero-order chi connectivity index (χ0) is 6.69. The van der Waals surface area contributed by atoms with Gasteiger partial charge in [0.15, 0.2) is 0 Å². The van der Waals surface area contributed by atoms with Crippen LogP contribution in [-0.2, 0) is 0 Å². The fourth-order valence-corrected chi connectivity index (χ4v) is 0.612. The Morgan fingerprint density at radius 2 is 2.20 bits per heavy atom. The molecule has 1 aromatic rings. The normalized spacial score (nSPS) is 8.10. The van der Waals surface area contributed by atoms with E-state index < -0.39 is 0 Å². The van der Waals surface area contributed by atoms with E-state index in [0.717, 1.165) is 0 Å². The van der Waals surface area contributed by atoms with E-state index in [1.165, 1.54) is 6.92 Å². The molecule has 0 fully saturated rings. The smallest absolute Gasteiger partial charge is 0.0755 e. The van der Waals surface area contributed by atoms with Gasteiger partial charge in [0.2, 0.25) is 0 Å². The zero-order valence-electron chi connectivity index (χ0n) is 5.72. The molecule has 0 radical (unpaired) electrons. The zero-order valence-corrected chi connectivity index (χ0v) is 9.88. The van der Waals surface area contributed by atoms with Crippen LogP contribution in [0.25, 0.3) is 0 Å². The maximum atomic E-state index is 10.6. The Hall–Kier alpha value is -0.0581. The molecule has 0 aliphatic carbocycles. The number of carbonyl (C=O) groups is 1. The summed E-state index contributed by atoms with van der Waals surface area (Å²) in [6.07, 6.45) is 0. The summed E-state index contributed by atoms with van der Waals surface area (Å²) >= 11 is 0. The van der Waals surface area contributed by atoms with Crippen LogP contribution in [0.4, 0.5) is 0 Å². The van der Waals surface area contributed by atoms with Gasteiger partial charge in [-0.1, -0.05) is 0 Å². The van der Waals surface area contributed by atoms with Gasteiger partial charge in [-0.2, -0.15) is 0 Å². The van der Waals surface area contributed by atoms with Crippen molar-refractivity contribution in [2.24, 2.45) is 0 Å². The number of hydrogen-bond acceptors (Lipinski definition) is 1. The van der Waals surface area contributed by atoms with Crippen LogP contribution in [-0.4, -0.2) is 5.78 Å². The molecule has 0 saturated heterocycles. The molecule has 10 heavy (non-hydrogen) atoms. The van der Waals surface area contributed by atoms with Crippen LogP contribution in [0.3, 0.4) is 0 Å². The molecule has 0 aliphatic heterocycles. The van der Waals surface area contributed by atoms with E-state index >= 15 is 0 Å². The van der Waals surface area contributed by atoms with Crippen molar-refractivity contribution in [3.63, 3.8) is 0 Å². The first-order valence-corrected chi connectivity index (χ1v) is 2.78. The van der Waals surface area contributed by atoms with Crippen molar-refractivity contribution < 1.29 is 35.9 Å². The second-order valence-electron chi connectivity index (χ2n) is 1.83. The summed E-state index contributed by atoms with van der Waals surface area (Å²) in [7, 11) is 0. The summed E-state index contributed by atoms with van der Waals surface area (Å²) in [5.41, 5.74) is 0.650. The Morgan fingerprint density at radius 1 is 1.50 bits per heavy atom. The number of benzene rings is 1. The van der Waals surface area contributed by atoms with Crippen molar-refractivity contribution in [2.75, 3.05) is 0 Å². The Bertz CT molecular complexity index is 206. The SMILES string of the molecule is CC(=O)c1[c-]cccc1.[U]. The summed E-state index contributed by atoms with van der Waals surface area (Å²) in [4.78, 5) is 10.6. The van der Waals surface area contributed by atoms with Crippen molar-refractivity contribution in [1.29, 1.82) is 0 Å². The number of rotatable bonds is 1. The first kappa shape index (κ1) is 9.94. The average molecular weight is 357 g/mol. The quantitative estimate of drug-likeness (QED) is 0.552. The average Bonchev–Trinajstić information content (AvgIpc) is 1.90. The largest absolute Gasteiger partial charge is 0.352 e. The van der Waals surface area contributed by atoms with Crippen molar-refractivity contribution in [2.45, 2.75) is 6.92 Å². The molecule has 1 aromatic carbocycles. The van der Waals surface area contributed by atoms with Crippen molar-refractivity contribution in [3.8, 4) is 0 Å². The molecule has 0 atom stereocenters. The van der Waals surface area contributed by atoms with E-state index in [4.69, 9.17) is 0 Å². The Balaban J connectivity index is 0.000000810. The number of ketones is 1. The van der Waals surface area contributed by atoms with Crippen molar-refractivity contribution in [1.82, 2.24) is 0 Å². The maximum Gasteiger partial charge on any atom is 0.0755 e. The van der Waals surface area contributed by atoms with Crippen molar-refractivity contribution in [3.05, 3.63) is 35.9 Å². The summed E-state index contributed by atoms with van der Waals surface area (Å²) in [5, 5.41) is 0. The summed E-state index contributed by atoms with van der Waals surface area (Å²) < 4.78 is 0. The van der Waals surface area contributed by atoms with E-state index in [-0.39, 0.29) is 36.9 Å². The predicted octanol–water partition coefficient (Wildman–Crippen LogP) is 1.69. The van der Waals surface area contributed by atoms with Gasteiger partial charge in [0, 0.05) is 31.1 Å². The van der Waals surface area contributed by atoms with E-state index in [9.17, 15) is 4.79 Å². The topological polar surface area (TPSA) is 17.1 Å². The number of hydrogen-bond donors (Lipinski definition) is 0. The molecular formula is C8H7OU-. The number of Topliss-reactive ketones (excluding diaryl/α,β-unsaturated/α-hetero) is 1. The molecule has 0 saturated carbocycles. The predicted molar refractivity (Wildman–Crippen MR) is 35.3 cm³/mol. The molecule has 0 aromatic heterocycles. The second-order valence-corrected chi connectivity index (χ2v) is 1.83. The molecule has 0 amide bonds. The summed E-state index contributed by atoms with van der Waals surface area (Å²) in [6, 6.07) is 9.97. The molecule has 50 valence electrons. The van der Waals surface area contributed by atoms with E-state index in [2.05, 4.69) is 6.07 Å². The van der Waals surface area contributed by atoms with Gasteiger partial charge in [0.25, 0.3) is 0 Å². The van der Waals surface area contributed by atoms with Gasteiger partial charge < -0.3 is 4.79 Å². The molecular weight excluding hydrogens is 350 g/mol. The van der Waals surface area contributed by atoms with Gasteiger partial charge in [-0.15, -0.1) is 35.9 Å². The molecule has 1 rings (SSSR count). The Morgan fingerprint density at radius 3 is 2.50 bits per heavy atom. The third kappa shape index (κ3) is 2.68. The first-order valence-electron chi connectivity index (χ1n) is 2.78. The maximum absolute atomic E-state index is 10.6. The second kappa shape index (κ2) is 4.71. The minimum atomic E-state index is 0. The minimum Gasteiger partial charge on any atom is -0.352 e. The Kier molecular flexibility index (Phi) is 4.68. The van der Waals surface area contributed by atoms with E-state index in [1.54, 1.807) is 12.1 Å². The van der Waals surface area contributed by atoms with Gasteiger partial charge in [-0.25, -0.2) is 0 Å². The Labute approximate surface area is 84.2 Å². The van der Waals surface area contributed by atoms with Gasteiger partial charge in [-0.05, 0) is 6.92 Å². The standard InChI is InChI=1S/C8H7O.U/c1-7(9)8-5-3-2-4-6-8;/h2-5H,1H3;/q-1;. The van der Waals surface area contributed by atoms with E-state index in [1.807, 2.05) is 12.1 Å². The van der Waals surface area contributed by atoms with E-state index in [0.29, 0.717) is 5.56 Å². The van der Waals surface area contributed by atoms with Crippen LogP contribution in [0, 0.1) is 37.2 Å². The monoisotopic (exact) mass is 357 g/mol. The molecule has 0 bridgehead atoms. The van der Waals surface area contributed by atoms with Crippen LogP contribution in [0.2, 0.25) is 0 Å². The van der Waals surface area contributed by atoms with Gasteiger partial charge in [0.05, 0.1) is 5.78 Å². The first-order chi connectivity index (χ1) is 4.30. The van der Waals surface area contributed by atoms with Crippen LogP contribution in [0.1, 0.15) is 17.3 Å². The van der Waals surface area contributed by atoms with Crippen LogP contribution < -0.4 is 0 Å². The van der Waals surface area contributed by atoms with Crippen LogP contribution >= 0.6 is 0 Å². The molecule has 0 N–H and O–H groups in total. The fourth-order valence-electron chi connectivity index (χ4n) is 0.612. The summed E-state index contributed by atoms with van der Waals surface area (Å²) in [5.74, 6) is 0.0654. The molecule has 0 unspecified atom stereocenters. The third-order valence-corrected chi connectivity index (χ3v) is 1.09. The van der Waals surface area contributed by atoms with Crippen LogP contribution in [0.5, 0.6) is 0 Å². The summed E-state index contributed by atoms with van der Waals surface area (Å²) in [6.45, 7) is 1.53. The fraction of sp³-hybridized carbons (Fsp3) is 0.125. The molecule has 2 heteroatoms. The van der Waals surface area contributed by atoms with Gasteiger partial charge in [0.1, 0.15) is 0 Å². The molecule has 0 aliphatic rings. The number of carbonyl (C=O) groups excluding carboxylic acids is 1. The van der Waals surface area contributed by atoms with Crippen molar-refractivity contribution >= 4 is 5.78 Å². The van der Waals surface area contributed by atoms with Gasteiger partial charge >= 0.3 is 0 Å². The minimum absolute atomic E-state index is 0.